The number of carbonyl (C=O) groups excluding carboxylic acids is 1. The quantitative estimate of drug-likeness (QED) is 0.736. The lowest BCUT2D eigenvalue weighted by atomic mass is 10.2. The van der Waals surface area contributed by atoms with E-state index in [0.29, 0.717) is 12.5 Å². The fraction of sp³-hybridized carbons (Fsp3) is 0.929. The van der Waals surface area contributed by atoms with E-state index < -0.39 is 8.32 Å². The first kappa shape index (κ1) is 16.7. The van der Waals surface area contributed by atoms with Crippen LogP contribution in [-0.4, -0.2) is 38.6 Å². The molecule has 0 saturated heterocycles. The Labute approximate surface area is 118 Å². The summed E-state index contributed by atoms with van der Waals surface area (Å²) in [6, 6.07) is -0.283. The standard InChI is InChI=1S/C14H29NO3Si/c1-10-7-12(10)13(17)15-11(8-16)9-18-19(5,6)14(2,3)4/h10-12,16H,7-9H2,1-6H3,(H,15,17)/t10-,11+,12+/m0/s1. The third-order valence-corrected chi connectivity index (χ3v) is 8.97. The van der Waals surface area contributed by atoms with Crippen molar-refractivity contribution in [1.82, 2.24) is 5.32 Å². The number of carbonyl (C=O) groups is 1. The van der Waals surface area contributed by atoms with Crippen LogP contribution in [0.3, 0.4) is 0 Å². The number of aliphatic hydroxyl groups is 1. The average Bonchev–Trinajstić information content (AvgIpc) is 2.99. The first-order valence-corrected chi connectivity index (χ1v) is 10.0. The van der Waals surface area contributed by atoms with Crippen LogP contribution in [0.1, 0.15) is 34.1 Å². The summed E-state index contributed by atoms with van der Waals surface area (Å²) in [5, 5.41) is 12.4. The highest BCUT2D eigenvalue weighted by molar-refractivity contribution is 6.74. The van der Waals surface area contributed by atoms with Gasteiger partial charge in [-0.25, -0.2) is 0 Å². The Morgan fingerprint density at radius 2 is 2.00 bits per heavy atom. The normalized spacial score (nSPS) is 25.0. The molecule has 112 valence electrons. The maximum atomic E-state index is 11.8. The van der Waals surface area contributed by atoms with E-state index in [1.165, 1.54) is 0 Å². The summed E-state index contributed by atoms with van der Waals surface area (Å²) in [6.07, 6.45) is 0.965. The van der Waals surface area contributed by atoms with Crippen LogP contribution in [0.4, 0.5) is 0 Å². The largest absolute Gasteiger partial charge is 0.415 e. The SMILES string of the molecule is C[C@H]1C[C@H]1C(=O)N[C@H](CO)CO[Si](C)(C)C(C)(C)C. The predicted molar refractivity (Wildman–Crippen MR) is 79.4 cm³/mol. The number of aliphatic hydroxyl groups excluding tert-OH is 1. The van der Waals surface area contributed by atoms with Crippen molar-refractivity contribution in [2.45, 2.75) is 58.3 Å². The fourth-order valence-electron chi connectivity index (χ4n) is 1.66. The lowest BCUT2D eigenvalue weighted by Gasteiger charge is -2.37. The van der Waals surface area contributed by atoms with Gasteiger partial charge in [0, 0.05) is 5.92 Å². The molecular weight excluding hydrogens is 258 g/mol. The molecule has 2 N–H and O–H groups in total. The van der Waals surface area contributed by atoms with Gasteiger partial charge in [0.05, 0.1) is 19.3 Å². The molecule has 1 saturated carbocycles. The Kier molecular flexibility index (Phi) is 5.20. The zero-order valence-corrected chi connectivity index (χ0v) is 14.1. The summed E-state index contributed by atoms with van der Waals surface area (Å²) in [5.41, 5.74) is 0. The van der Waals surface area contributed by atoms with Gasteiger partial charge in [0.2, 0.25) is 5.91 Å². The molecule has 0 bridgehead atoms. The molecule has 1 rings (SSSR count). The highest BCUT2D eigenvalue weighted by Crippen LogP contribution is 2.38. The summed E-state index contributed by atoms with van der Waals surface area (Å²) in [7, 11) is -1.82. The Morgan fingerprint density at radius 3 is 2.37 bits per heavy atom. The molecule has 0 aliphatic heterocycles. The molecule has 0 aromatic carbocycles. The van der Waals surface area contributed by atoms with Crippen LogP contribution in [0.25, 0.3) is 0 Å². The molecule has 19 heavy (non-hydrogen) atoms. The zero-order chi connectivity index (χ0) is 14.8. The monoisotopic (exact) mass is 287 g/mol. The molecule has 0 aromatic heterocycles. The van der Waals surface area contributed by atoms with E-state index in [-0.39, 0.29) is 29.5 Å². The number of nitrogens with one attached hydrogen (secondary N) is 1. The maximum absolute atomic E-state index is 11.8. The van der Waals surface area contributed by atoms with Crippen molar-refractivity contribution in [2.75, 3.05) is 13.2 Å². The molecule has 5 heteroatoms. The Bertz CT molecular complexity index is 325. The van der Waals surface area contributed by atoms with E-state index in [9.17, 15) is 9.90 Å². The lowest BCUT2D eigenvalue weighted by molar-refractivity contribution is -0.123. The van der Waals surface area contributed by atoms with E-state index in [1.54, 1.807) is 0 Å². The van der Waals surface area contributed by atoms with Gasteiger partial charge in [-0.3, -0.25) is 4.79 Å². The minimum absolute atomic E-state index is 0.0605. The van der Waals surface area contributed by atoms with Gasteiger partial charge >= 0.3 is 0 Å². The van der Waals surface area contributed by atoms with E-state index in [2.05, 4.69) is 46.1 Å². The van der Waals surface area contributed by atoms with Crippen molar-refractivity contribution in [3.8, 4) is 0 Å². The molecule has 1 fully saturated rings. The van der Waals surface area contributed by atoms with Gasteiger partial charge in [-0.05, 0) is 30.5 Å². The molecule has 4 nitrogen and oxygen atoms in total. The average molecular weight is 287 g/mol. The van der Waals surface area contributed by atoms with Gasteiger partial charge in [-0.15, -0.1) is 0 Å². The Balaban J connectivity index is 2.42. The van der Waals surface area contributed by atoms with E-state index in [1.807, 2.05) is 0 Å². The molecule has 0 unspecified atom stereocenters. The van der Waals surface area contributed by atoms with Gasteiger partial charge in [0.25, 0.3) is 0 Å². The molecule has 0 radical (unpaired) electrons. The van der Waals surface area contributed by atoms with Crippen molar-refractivity contribution in [3.05, 3.63) is 0 Å². The maximum Gasteiger partial charge on any atom is 0.223 e. The highest BCUT2D eigenvalue weighted by atomic mass is 28.4. The Morgan fingerprint density at radius 1 is 1.47 bits per heavy atom. The van der Waals surface area contributed by atoms with Crippen molar-refractivity contribution >= 4 is 14.2 Å². The highest BCUT2D eigenvalue weighted by Gasteiger charge is 2.40. The van der Waals surface area contributed by atoms with Crippen molar-refractivity contribution in [3.63, 3.8) is 0 Å². The lowest BCUT2D eigenvalue weighted by Crippen LogP contribution is -2.48. The molecule has 3 atom stereocenters. The number of hydrogen-bond acceptors (Lipinski definition) is 3. The molecule has 1 aliphatic carbocycles. The Hall–Kier alpha value is -0.393. The van der Waals surface area contributed by atoms with Crippen molar-refractivity contribution in [2.24, 2.45) is 11.8 Å². The van der Waals surface area contributed by atoms with Gasteiger partial charge < -0.3 is 14.8 Å². The molecule has 1 amide bonds. The van der Waals surface area contributed by atoms with E-state index >= 15 is 0 Å². The summed E-state index contributed by atoms with van der Waals surface area (Å²) in [5.74, 6) is 0.688. The smallest absolute Gasteiger partial charge is 0.223 e. The molecule has 0 aromatic rings. The van der Waals surface area contributed by atoms with Gasteiger partial charge in [-0.2, -0.15) is 0 Å². The van der Waals surface area contributed by atoms with Gasteiger partial charge in [0.1, 0.15) is 0 Å². The second-order valence-electron chi connectivity index (χ2n) is 7.28. The molecule has 1 aliphatic rings. The van der Waals surface area contributed by atoms with Gasteiger partial charge in [0.15, 0.2) is 8.32 Å². The molecule has 0 heterocycles. The number of amides is 1. The third kappa shape index (κ3) is 4.58. The van der Waals surface area contributed by atoms with Crippen LogP contribution in [0.15, 0.2) is 0 Å². The summed E-state index contributed by atoms with van der Waals surface area (Å²) in [4.78, 5) is 11.8. The molecule has 0 spiro atoms. The van der Waals surface area contributed by atoms with E-state index in [4.69, 9.17) is 4.43 Å². The third-order valence-electron chi connectivity index (χ3n) is 4.46. The minimum atomic E-state index is -1.82. The van der Waals surface area contributed by atoms with E-state index in [0.717, 1.165) is 6.42 Å². The first-order chi connectivity index (χ1) is 8.58. The second kappa shape index (κ2) is 5.93. The summed E-state index contributed by atoms with van der Waals surface area (Å²) in [6.45, 7) is 13.3. The summed E-state index contributed by atoms with van der Waals surface area (Å²) >= 11 is 0. The first-order valence-electron chi connectivity index (χ1n) is 7.13. The van der Waals surface area contributed by atoms with Crippen molar-refractivity contribution in [1.29, 1.82) is 0 Å². The van der Waals surface area contributed by atoms with Crippen LogP contribution < -0.4 is 5.32 Å². The zero-order valence-electron chi connectivity index (χ0n) is 13.1. The van der Waals surface area contributed by atoms with Crippen LogP contribution in [0.2, 0.25) is 18.1 Å². The number of hydrogen-bond donors (Lipinski definition) is 2. The van der Waals surface area contributed by atoms with Crippen LogP contribution in [-0.2, 0) is 9.22 Å². The molecular formula is C14H29NO3Si. The fourth-order valence-corrected chi connectivity index (χ4v) is 2.71. The second-order valence-corrected chi connectivity index (χ2v) is 12.1. The van der Waals surface area contributed by atoms with Gasteiger partial charge in [-0.1, -0.05) is 27.7 Å². The summed E-state index contributed by atoms with van der Waals surface area (Å²) < 4.78 is 6.04. The van der Waals surface area contributed by atoms with Crippen molar-refractivity contribution < 1.29 is 14.3 Å². The van der Waals surface area contributed by atoms with Crippen LogP contribution >= 0.6 is 0 Å². The number of rotatable bonds is 6. The van der Waals surface area contributed by atoms with Crippen LogP contribution in [0, 0.1) is 11.8 Å². The van der Waals surface area contributed by atoms with Crippen LogP contribution in [0.5, 0.6) is 0 Å². The topological polar surface area (TPSA) is 58.6 Å². The minimum Gasteiger partial charge on any atom is -0.415 e. The predicted octanol–water partition coefficient (Wildman–Crippen LogP) is 2.14.